The molecule has 4 aliphatic heterocycles. The van der Waals surface area contributed by atoms with Crippen LogP contribution in [0.4, 0.5) is 25.1 Å². The first kappa shape index (κ1) is 62.7. The number of halogens is 2. The molecule has 8 rings (SSSR count). The Morgan fingerprint density at radius 3 is 2.17 bits per heavy atom. The quantitative estimate of drug-likeness (QED) is 0.0354. The number of aromatic nitrogens is 6. The van der Waals surface area contributed by atoms with Crippen LogP contribution in [-0.4, -0.2) is 155 Å². The van der Waals surface area contributed by atoms with Gasteiger partial charge in [-0.2, -0.15) is 0 Å². The van der Waals surface area contributed by atoms with Gasteiger partial charge in [0, 0.05) is 50.3 Å². The van der Waals surface area contributed by atoms with Crippen LogP contribution in [0.25, 0.3) is 11.2 Å². The van der Waals surface area contributed by atoms with E-state index in [2.05, 4.69) is 43.2 Å². The number of nitrogens with one attached hydrogen (secondary N) is 4. The van der Waals surface area contributed by atoms with Gasteiger partial charge in [-0.05, 0) is 42.4 Å². The largest absolute Gasteiger partial charge is 0.472 e. The fourth-order valence-corrected chi connectivity index (χ4v) is 12.3. The summed E-state index contributed by atoms with van der Waals surface area (Å²) in [7, 11) is -3.76. The van der Waals surface area contributed by atoms with Crippen LogP contribution in [0.2, 0.25) is 0 Å². The summed E-state index contributed by atoms with van der Waals surface area (Å²) in [6, 6.07) is 5.28. The second-order valence-corrected chi connectivity index (χ2v) is 25.1. The molecule has 34 heteroatoms. The van der Waals surface area contributed by atoms with E-state index < -0.39 is 118 Å². The van der Waals surface area contributed by atoms with Gasteiger partial charge in [0.05, 0.1) is 19.5 Å². The molecule has 13 atom stereocenters. The van der Waals surface area contributed by atoms with Crippen molar-refractivity contribution in [3.63, 3.8) is 0 Å². The monoisotopic (exact) mass is 1230 g/mol. The van der Waals surface area contributed by atoms with Crippen molar-refractivity contribution in [1.29, 1.82) is 0 Å². The third kappa shape index (κ3) is 14.8. The molecule has 7 heterocycles. The van der Waals surface area contributed by atoms with E-state index in [1.807, 2.05) is 4.98 Å². The number of unbranched alkanes of at least 4 members (excludes halogenated alkanes) is 2. The second kappa shape index (κ2) is 26.3. The Labute approximate surface area is 477 Å². The van der Waals surface area contributed by atoms with E-state index in [1.165, 1.54) is 16.8 Å². The number of fused-ring (bicyclic) bond motifs is 3. The van der Waals surface area contributed by atoms with Gasteiger partial charge in [-0.1, -0.05) is 65.4 Å². The molecule has 0 aliphatic carbocycles. The number of alkyl halides is 2. The Bertz CT molecular complexity index is 3300. The Hall–Kier alpha value is -6.34. The van der Waals surface area contributed by atoms with Crippen molar-refractivity contribution in [2.45, 2.75) is 135 Å². The van der Waals surface area contributed by atoms with Gasteiger partial charge in [0.1, 0.15) is 49.4 Å². The molecule has 0 saturated carbocycles. The number of likely N-dealkylation sites (tertiary alicyclic amines) is 1. The van der Waals surface area contributed by atoms with Crippen LogP contribution in [-0.2, 0) is 72.0 Å². The number of rotatable bonds is 18. The smallest absolute Gasteiger partial charge is 0.444 e. The van der Waals surface area contributed by atoms with E-state index in [4.69, 9.17) is 32.3 Å². The first-order valence-electron chi connectivity index (χ1n) is 26.4. The highest BCUT2D eigenvalue weighted by molar-refractivity contribution is 8.44. The number of imidazole rings is 1. The van der Waals surface area contributed by atoms with Crippen LogP contribution in [0.1, 0.15) is 84.7 Å². The minimum absolute atomic E-state index is 0.0928. The average Bonchev–Trinajstić information content (AvgIpc) is 4.31. The van der Waals surface area contributed by atoms with E-state index >= 15 is 8.78 Å². The molecule has 4 aliphatic rings. The minimum Gasteiger partial charge on any atom is -0.444 e. The number of ether oxygens (including phenoxy) is 3. The van der Waals surface area contributed by atoms with Crippen LogP contribution in [0.5, 0.6) is 0 Å². The number of nitrogens with zero attached hydrogens (tertiary/aromatic N) is 7. The molecular weight excluding hydrogens is 1160 g/mol. The first-order chi connectivity index (χ1) is 39.2. The average molecular weight is 1230 g/mol. The third-order valence-electron chi connectivity index (χ3n) is 14.1. The zero-order valence-corrected chi connectivity index (χ0v) is 48.3. The number of carbonyl (C=O) groups is 6. The molecule has 4 aromatic rings. The number of amides is 6. The number of anilines is 2. The van der Waals surface area contributed by atoms with Gasteiger partial charge in [-0.25, -0.2) is 42.5 Å². The number of H-pyrrole nitrogens is 1. The topological polar surface area (TPSA) is 362 Å². The van der Waals surface area contributed by atoms with Gasteiger partial charge in [0.25, 0.3) is 5.56 Å². The molecule has 4 saturated heterocycles. The summed E-state index contributed by atoms with van der Waals surface area (Å²) in [6.07, 6.45) is -11.5. The molecular formula is C49H63F2N11O18P2S. The van der Waals surface area contributed by atoms with Gasteiger partial charge in [-0.15, -0.1) is 0 Å². The minimum atomic E-state index is -5.30. The normalized spacial score (nSPS) is 28.2. The Kier molecular flexibility index (Phi) is 19.9. The Morgan fingerprint density at radius 1 is 0.867 bits per heavy atom. The molecule has 0 spiro atoms. The maximum absolute atomic E-state index is 16.5. The van der Waals surface area contributed by atoms with Gasteiger partial charge >= 0.3 is 26.4 Å². The summed E-state index contributed by atoms with van der Waals surface area (Å²) in [5.41, 5.74) is -1.25. The molecule has 6 amide bonds. The number of phosphoric ester groups is 1. The number of carbonyl (C=O) groups excluding carboxylic acids is 6. The summed E-state index contributed by atoms with van der Waals surface area (Å²) in [5, 5.41) is 8.05. The summed E-state index contributed by atoms with van der Waals surface area (Å²) in [6.45, 7) is 2.32. The number of hydrogen-bond donors (Lipinski definition) is 6. The summed E-state index contributed by atoms with van der Waals surface area (Å²) in [4.78, 5) is 130. The van der Waals surface area contributed by atoms with Crippen molar-refractivity contribution >= 4 is 85.2 Å². The fourth-order valence-electron chi connectivity index (χ4n) is 9.84. The van der Waals surface area contributed by atoms with Gasteiger partial charge in [-0.3, -0.25) is 71.2 Å². The molecule has 5 unspecified atom stereocenters. The van der Waals surface area contributed by atoms with E-state index in [-0.39, 0.29) is 71.9 Å². The molecule has 5 N–H and O–H groups in total. The van der Waals surface area contributed by atoms with Crippen molar-refractivity contribution in [3.8, 4) is 0 Å². The number of hydrogen-bond acceptors (Lipinski definition) is 20. The van der Waals surface area contributed by atoms with Gasteiger partial charge in [0.2, 0.25) is 29.5 Å². The van der Waals surface area contributed by atoms with Crippen LogP contribution in [0, 0.1) is 17.8 Å². The van der Waals surface area contributed by atoms with Crippen molar-refractivity contribution in [2.24, 2.45) is 17.8 Å². The first-order valence-corrected chi connectivity index (χ1v) is 30.5. The van der Waals surface area contributed by atoms with E-state index in [9.17, 15) is 52.4 Å². The van der Waals surface area contributed by atoms with Crippen molar-refractivity contribution in [1.82, 2.24) is 44.2 Å². The van der Waals surface area contributed by atoms with Crippen molar-refractivity contribution in [3.05, 3.63) is 75.6 Å². The fraction of sp³-hybridized carbons (Fsp3) is 0.571. The predicted octanol–water partition coefficient (Wildman–Crippen LogP) is 4.07. The molecule has 3 aromatic heterocycles. The molecule has 452 valence electrons. The van der Waals surface area contributed by atoms with Gasteiger partial charge in [0.15, 0.2) is 41.8 Å². The number of benzene rings is 1. The van der Waals surface area contributed by atoms with E-state index in [0.717, 1.165) is 29.5 Å². The molecule has 0 radical (unpaired) electrons. The number of imide groups is 1. The molecule has 29 nitrogen and oxygen atoms in total. The standard InChI is InChI=1S/C49H63F2N11O18P2S/c1-24(2)36(57-44(67)38(25(3)4)59(6)32(64)10-8-7-9-16-60-33(65)18-26(5)45(60)68)43(66)55-28-13-11-27(12-14-28)19-74-49(70)58-41-37-42(53-22-52-41)62(23-54-37)47-34(50)39-30(78-47)21-76-82(73,83)80-40-29(20-75-81(71,72)79-39)77-46(35(40)51)61-17-15-31(63)56-48(61)69/h11-15,17,22-26,29-30,34-36,38-40,46-47H,7-10,16,18-21H2,1-6H3,(H,55,66)(H,57,67)(H,71,72)(H,73,83)(H,56,63,69)(H,52,53,58,70)/t26?,29-,30-,34-,35-,36?,38?,39-,40-,46-,47-,82?/m1/s1. The lowest BCUT2D eigenvalue weighted by molar-refractivity contribution is -0.141. The summed E-state index contributed by atoms with van der Waals surface area (Å²) < 4.78 is 98.8. The molecule has 1 aromatic carbocycles. The maximum atomic E-state index is 16.5. The SMILES string of the molecule is CC1CC(=O)N(CCCCCC(=O)N(C)C(C(=O)NC(C(=O)Nc2ccc(COC(=O)Nc3ncnc4c3ncn4[C@@H]3O[C@@H]4COP(=O)(S)O[C@H]5[C@@H](F)[C@H](n6ccc(=O)[nH]c6=O)O[C@@H]5COP(=O)(O)O[C@H]4[C@H]3F)cc2)C(C)C)C(C)C)C1=O. The van der Waals surface area contributed by atoms with Crippen molar-refractivity contribution < 1.29 is 83.9 Å². The highest BCUT2D eigenvalue weighted by Gasteiger charge is 2.55. The third-order valence-corrected chi connectivity index (χ3v) is 16.7. The van der Waals surface area contributed by atoms with Crippen LogP contribution in [0.3, 0.4) is 0 Å². The second-order valence-electron chi connectivity index (χ2n) is 20.9. The molecule has 0 bridgehead atoms. The lowest BCUT2D eigenvalue weighted by Gasteiger charge is -2.32. The Morgan fingerprint density at radius 2 is 1.53 bits per heavy atom. The Balaban J connectivity index is 0.832. The highest BCUT2D eigenvalue weighted by Crippen LogP contribution is 2.58. The zero-order chi connectivity index (χ0) is 60.2. The number of thiol groups is 1. The maximum Gasteiger partial charge on any atom is 0.472 e. The zero-order valence-electron chi connectivity index (χ0n) is 45.6. The number of aromatic amines is 1. The lowest BCUT2D eigenvalue weighted by atomic mass is 9.98. The van der Waals surface area contributed by atoms with E-state index in [1.54, 1.807) is 58.9 Å². The van der Waals surface area contributed by atoms with Crippen LogP contribution >= 0.6 is 26.9 Å². The lowest BCUT2D eigenvalue weighted by Crippen LogP contribution is -2.56. The van der Waals surface area contributed by atoms with Crippen LogP contribution in [0.15, 0.2) is 58.8 Å². The van der Waals surface area contributed by atoms with E-state index in [0.29, 0.717) is 41.6 Å². The molecule has 83 heavy (non-hydrogen) atoms. The number of likely N-dealkylation sites (N-methyl/N-ethyl adjacent to an activating group) is 1. The summed E-state index contributed by atoms with van der Waals surface area (Å²) >= 11 is 3.93. The summed E-state index contributed by atoms with van der Waals surface area (Å²) in [5.74, 6) is -2.87. The highest BCUT2D eigenvalue weighted by atomic mass is 32.7. The van der Waals surface area contributed by atoms with Gasteiger partial charge < -0.3 is 34.6 Å². The predicted molar refractivity (Wildman–Crippen MR) is 288 cm³/mol. The molecule has 4 fully saturated rings. The van der Waals surface area contributed by atoms with Crippen molar-refractivity contribution in [2.75, 3.05) is 37.4 Å². The number of phosphoric acid groups is 1. The van der Waals surface area contributed by atoms with Crippen LogP contribution < -0.4 is 27.2 Å².